The van der Waals surface area contributed by atoms with Gasteiger partial charge in [0.15, 0.2) is 0 Å². The number of rotatable bonds is 5. The average Bonchev–Trinajstić information content (AvgIpc) is 2.79. The molecule has 2 rings (SSSR count). The normalized spacial score (nSPS) is 30.3. The number of carbonyl (C=O) groups excluding carboxylic acids is 2. The summed E-state index contributed by atoms with van der Waals surface area (Å²) >= 11 is 0. The number of piperidine rings is 1. The van der Waals surface area contributed by atoms with Gasteiger partial charge in [-0.15, -0.1) is 0 Å². The zero-order chi connectivity index (χ0) is 17.8. The Morgan fingerprint density at radius 2 is 1.75 bits per heavy atom. The summed E-state index contributed by atoms with van der Waals surface area (Å²) in [5.41, 5.74) is -0.443. The number of nitrogens with one attached hydrogen (secondary N) is 1. The molecule has 138 valence electrons. The zero-order valence-electron chi connectivity index (χ0n) is 15.7. The molecule has 0 aromatic heterocycles. The smallest absolute Gasteiger partial charge is 0.307 e. The molecule has 0 unspecified atom stereocenters. The lowest BCUT2D eigenvalue weighted by Gasteiger charge is -2.44. The largest absolute Gasteiger partial charge is 0.466 e. The van der Waals surface area contributed by atoms with Crippen LogP contribution in [0.2, 0.25) is 0 Å². The molecule has 1 saturated heterocycles. The summed E-state index contributed by atoms with van der Waals surface area (Å²) in [6.45, 7) is 7.98. The van der Waals surface area contributed by atoms with Crippen LogP contribution >= 0.6 is 0 Å². The fraction of sp³-hybridized carbons (Fsp3) is 0.895. The Hall–Kier alpha value is -1.10. The molecule has 0 aromatic carbocycles. The second-order valence-electron chi connectivity index (χ2n) is 8.28. The van der Waals surface area contributed by atoms with Crippen LogP contribution in [0.15, 0.2) is 0 Å². The van der Waals surface area contributed by atoms with Crippen molar-refractivity contribution in [2.45, 2.75) is 96.2 Å². The molecular weight excluding hydrogens is 306 g/mol. The molecule has 1 aliphatic heterocycles. The van der Waals surface area contributed by atoms with Gasteiger partial charge < -0.3 is 14.8 Å². The van der Waals surface area contributed by atoms with E-state index in [1.807, 2.05) is 27.7 Å². The molecule has 2 fully saturated rings. The lowest BCUT2D eigenvalue weighted by atomic mass is 9.76. The van der Waals surface area contributed by atoms with Crippen LogP contribution in [0.5, 0.6) is 0 Å². The molecule has 1 N–H and O–H groups in total. The Labute approximate surface area is 145 Å². The van der Waals surface area contributed by atoms with Crippen molar-refractivity contribution in [1.29, 1.82) is 0 Å². The molecular formula is C19H33NO4. The maximum atomic E-state index is 12.3. The Morgan fingerprint density at radius 3 is 2.38 bits per heavy atom. The monoisotopic (exact) mass is 339 g/mol. The van der Waals surface area contributed by atoms with Crippen molar-refractivity contribution in [2.75, 3.05) is 6.61 Å². The van der Waals surface area contributed by atoms with Gasteiger partial charge in [0, 0.05) is 11.6 Å². The first-order valence-corrected chi connectivity index (χ1v) is 9.39. The van der Waals surface area contributed by atoms with E-state index >= 15 is 0 Å². The van der Waals surface area contributed by atoms with Crippen molar-refractivity contribution >= 4 is 11.9 Å². The Kier molecular flexibility index (Phi) is 6.29. The van der Waals surface area contributed by atoms with E-state index in [0.717, 1.165) is 38.5 Å². The third-order valence-electron chi connectivity index (χ3n) is 5.18. The summed E-state index contributed by atoms with van der Waals surface area (Å²) in [4.78, 5) is 24.1. The van der Waals surface area contributed by atoms with Crippen LogP contribution in [0.25, 0.3) is 0 Å². The molecule has 1 aliphatic carbocycles. The third kappa shape index (κ3) is 5.20. The van der Waals surface area contributed by atoms with Gasteiger partial charge in [-0.2, -0.15) is 0 Å². The molecule has 0 radical (unpaired) electrons. The first-order valence-electron chi connectivity index (χ1n) is 9.39. The Balaban J connectivity index is 1.96. The van der Waals surface area contributed by atoms with Gasteiger partial charge in [0.1, 0.15) is 5.60 Å². The lowest BCUT2D eigenvalue weighted by Crippen LogP contribution is -2.56. The van der Waals surface area contributed by atoms with E-state index in [9.17, 15) is 9.59 Å². The van der Waals surface area contributed by atoms with Crippen LogP contribution in [0, 0.1) is 5.92 Å². The molecule has 0 bridgehead atoms. The van der Waals surface area contributed by atoms with E-state index < -0.39 is 5.60 Å². The molecule has 0 amide bonds. The van der Waals surface area contributed by atoms with E-state index in [2.05, 4.69) is 5.32 Å². The first kappa shape index (κ1) is 19.2. The summed E-state index contributed by atoms with van der Waals surface area (Å²) in [6.07, 6.45) is 7.34. The summed E-state index contributed by atoms with van der Waals surface area (Å²) in [5, 5.41) is 3.73. The van der Waals surface area contributed by atoms with Crippen molar-refractivity contribution in [3.63, 3.8) is 0 Å². The van der Waals surface area contributed by atoms with Crippen LogP contribution in [0.1, 0.15) is 79.1 Å². The second-order valence-corrected chi connectivity index (χ2v) is 8.28. The lowest BCUT2D eigenvalue weighted by molar-refractivity contribution is -0.157. The highest BCUT2D eigenvalue weighted by atomic mass is 16.6. The minimum Gasteiger partial charge on any atom is -0.466 e. The Morgan fingerprint density at radius 1 is 1.08 bits per heavy atom. The number of hydrogen-bond donors (Lipinski definition) is 1. The summed E-state index contributed by atoms with van der Waals surface area (Å²) < 4.78 is 10.6. The van der Waals surface area contributed by atoms with E-state index in [4.69, 9.17) is 9.47 Å². The molecule has 5 nitrogen and oxygen atoms in total. The van der Waals surface area contributed by atoms with E-state index in [1.54, 1.807) is 0 Å². The highest BCUT2D eigenvalue weighted by Crippen LogP contribution is 2.44. The van der Waals surface area contributed by atoms with Gasteiger partial charge in [-0.1, -0.05) is 12.8 Å². The van der Waals surface area contributed by atoms with Crippen molar-refractivity contribution in [3.05, 3.63) is 0 Å². The quantitative estimate of drug-likeness (QED) is 0.778. The van der Waals surface area contributed by atoms with Gasteiger partial charge in [0.25, 0.3) is 0 Å². The van der Waals surface area contributed by atoms with Gasteiger partial charge in [-0.3, -0.25) is 9.59 Å². The number of carbonyl (C=O) groups is 2. The highest BCUT2D eigenvalue weighted by molar-refractivity contribution is 5.71. The van der Waals surface area contributed by atoms with Crippen LogP contribution in [0.4, 0.5) is 0 Å². The summed E-state index contributed by atoms with van der Waals surface area (Å²) in [5.74, 6) is 0.0641. The predicted molar refractivity (Wildman–Crippen MR) is 92.6 cm³/mol. The topological polar surface area (TPSA) is 64.6 Å². The van der Waals surface area contributed by atoms with Gasteiger partial charge in [0.05, 0.1) is 19.4 Å². The molecule has 24 heavy (non-hydrogen) atoms. The maximum absolute atomic E-state index is 12.3. The molecule has 3 atom stereocenters. The van der Waals surface area contributed by atoms with Gasteiger partial charge in [-0.25, -0.2) is 0 Å². The van der Waals surface area contributed by atoms with Crippen molar-refractivity contribution in [3.8, 4) is 0 Å². The SMILES string of the molecule is CCOC(=O)C[C@H]1CCC[C@]2(CCC[C@@H]2CC(=O)OC(C)(C)C)N1. The van der Waals surface area contributed by atoms with Crippen LogP contribution in [-0.4, -0.2) is 35.7 Å². The van der Waals surface area contributed by atoms with Crippen LogP contribution < -0.4 is 5.32 Å². The number of ether oxygens (including phenoxy) is 2. The van der Waals surface area contributed by atoms with Crippen molar-refractivity contribution in [2.24, 2.45) is 5.92 Å². The van der Waals surface area contributed by atoms with E-state index in [1.165, 1.54) is 0 Å². The molecule has 5 heteroatoms. The van der Waals surface area contributed by atoms with Gasteiger partial charge >= 0.3 is 11.9 Å². The van der Waals surface area contributed by atoms with Gasteiger partial charge in [0.2, 0.25) is 0 Å². The minimum atomic E-state index is -0.435. The fourth-order valence-electron chi connectivity index (χ4n) is 4.33. The predicted octanol–water partition coefficient (Wildman–Crippen LogP) is 3.35. The minimum absolute atomic E-state index is 0.00762. The van der Waals surface area contributed by atoms with Crippen LogP contribution in [-0.2, 0) is 19.1 Å². The molecule has 1 heterocycles. The zero-order valence-corrected chi connectivity index (χ0v) is 15.7. The Bertz CT molecular complexity index is 457. The number of esters is 2. The third-order valence-corrected chi connectivity index (χ3v) is 5.18. The molecule has 1 spiro atoms. The fourth-order valence-corrected chi connectivity index (χ4v) is 4.33. The molecule has 0 aromatic rings. The van der Waals surface area contributed by atoms with Crippen LogP contribution in [0.3, 0.4) is 0 Å². The first-order chi connectivity index (χ1) is 11.2. The standard InChI is InChI=1S/C19H33NO4/c1-5-23-16(21)13-15-9-7-11-19(20-15)10-6-8-14(19)12-17(22)24-18(2,3)4/h14-15,20H,5-13H2,1-4H3/t14-,15-,19+/m1/s1. The maximum Gasteiger partial charge on any atom is 0.307 e. The van der Waals surface area contributed by atoms with E-state index in [0.29, 0.717) is 25.4 Å². The van der Waals surface area contributed by atoms with Gasteiger partial charge in [-0.05, 0) is 59.3 Å². The van der Waals surface area contributed by atoms with E-state index in [-0.39, 0.29) is 23.5 Å². The van der Waals surface area contributed by atoms with Crippen molar-refractivity contribution in [1.82, 2.24) is 5.32 Å². The summed E-state index contributed by atoms with van der Waals surface area (Å²) in [7, 11) is 0. The second kappa shape index (κ2) is 7.85. The average molecular weight is 339 g/mol. The number of hydrogen-bond acceptors (Lipinski definition) is 5. The highest BCUT2D eigenvalue weighted by Gasteiger charge is 2.46. The van der Waals surface area contributed by atoms with Crippen molar-refractivity contribution < 1.29 is 19.1 Å². The molecule has 2 aliphatic rings. The molecule has 1 saturated carbocycles. The summed E-state index contributed by atoms with van der Waals surface area (Å²) in [6, 6.07) is 0.164.